The molecule has 6 nitrogen and oxygen atoms in total. The van der Waals surface area contributed by atoms with Crippen LogP contribution in [0.25, 0.3) is 0 Å². The minimum Gasteiger partial charge on any atom is -0.462 e. The molecule has 0 aromatic carbocycles. The minimum atomic E-state index is -0.774. The van der Waals surface area contributed by atoms with E-state index in [4.69, 9.17) is 14.2 Å². The molecule has 0 spiro atoms. The Morgan fingerprint density at radius 3 is 0.762 bits per heavy atom. The zero-order valence-corrected chi connectivity index (χ0v) is 52.8. The molecule has 0 aromatic heterocycles. The Morgan fingerprint density at radius 2 is 0.487 bits per heavy atom. The third-order valence-electron chi connectivity index (χ3n) is 14.9. The van der Waals surface area contributed by atoms with Crippen LogP contribution in [-0.4, -0.2) is 37.2 Å². The molecular formula is C74H128O6. The number of carbonyl (C=O) groups is 3. The third-order valence-corrected chi connectivity index (χ3v) is 14.9. The Labute approximate surface area is 496 Å². The van der Waals surface area contributed by atoms with Crippen molar-refractivity contribution < 1.29 is 28.6 Å². The van der Waals surface area contributed by atoms with Gasteiger partial charge in [-0.25, -0.2) is 0 Å². The van der Waals surface area contributed by atoms with E-state index in [0.29, 0.717) is 19.3 Å². The lowest BCUT2D eigenvalue weighted by atomic mass is 10.0. The van der Waals surface area contributed by atoms with Crippen LogP contribution in [0.3, 0.4) is 0 Å². The van der Waals surface area contributed by atoms with Crippen LogP contribution in [0.15, 0.2) is 97.2 Å². The second-order valence-corrected chi connectivity index (χ2v) is 22.7. The van der Waals surface area contributed by atoms with Gasteiger partial charge in [-0.15, -0.1) is 0 Å². The summed E-state index contributed by atoms with van der Waals surface area (Å²) in [7, 11) is 0. The highest BCUT2D eigenvalue weighted by Crippen LogP contribution is 2.17. The predicted molar refractivity (Wildman–Crippen MR) is 348 cm³/mol. The molecule has 0 aromatic rings. The summed E-state index contributed by atoms with van der Waals surface area (Å²) in [4.78, 5) is 38.1. The molecule has 0 radical (unpaired) electrons. The van der Waals surface area contributed by atoms with Gasteiger partial charge >= 0.3 is 17.9 Å². The van der Waals surface area contributed by atoms with Gasteiger partial charge in [-0.2, -0.15) is 0 Å². The van der Waals surface area contributed by atoms with Gasteiger partial charge in [0.15, 0.2) is 6.10 Å². The molecule has 0 aliphatic carbocycles. The van der Waals surface area contributed by atoms with Crippen molar-refractivity contribution in [1.29, 1.82) is 0 Å². The lowest BCUT2D eigenvalue weighted by Crippen LogP contribution is -2.30. The average Bonchev–Trinajstić information content (AvgIpc) is 3.46. The number of ether oxygens (including phenoxy) is 3. The Balaban J connectivity index is 4.08. The SMILES string of the molecule is CC/C=C\C/C=C\C/C=C\C/C=C\C/C=C\C/C=C\C/C=C\C/C=C\CCCCCCCCCCCCC(=O)OCC(COC(=O)CCCCCCCCC)OC(=O)CCCCCCCCCCCCCCCCCCCCCC. The maximum absolute atomic E-state index is 12.9. The number of hydrogen-bond donors (Lipinski definition) is 0. The number of allylic oxidation sites excluding steroid dienone is 16. The number of hydrogen-bond acceptors (Lipinski definition) is 6. The average molecular weight is 1110 g/mol. The maximum Gasteiger partial charge on any atom is 0.306 e. The van der Waals surface area contributed by atoms with Crippen LogP contribution >= 0.6 is 0 Å². The van der Waals surface area contributed by atoms with E-state index in [0.717, 1.165) is 109 Å². The van der Waals surface area contributed by atoms with Crippen molar-refractivity contribution in [2.45, 2.75) is 341 Å². The van der Waals surface area contributed by atoms with E-state index in [-0.39, 0.29) is 31.1 Å². The van der Waals surface area contributed by atoms with Crippen LogP contribution in [-0.2, 0) is 28.6 Å². The highest BCUT2D eigenvalue weighted by molar-refractivity contribution is 5.71. The van der Waals surface area contributed by atoms with Crippen LogP contribution < -0.4 is 0 Å². The summed E-state index contributed by atoms with van der Waals surface area (Å²) in [5.41, 5.74) is 0. The lowest BCUT2D eigenvalue weighted by Gasteiger charge is -2.18. The maximum atomic E-state index is 12.9. The standard InChI is InChI=1S/C74H128O6/c1-4-7-10-13-16-18-20-22-24-26-28-30-31-32-33-34-35-36-37-38-39-40-41-42-43-44-46-47-49-51-53-55-58-61-64-67-73(76)79-70-71(69-78-72(75)66-63-60-57-15-12-9-6-3)80-74(77)68-65-62-59-56-54-52-50-48-45-29-27-25-23-21-19-17-14-11-8-5-2/h7,10,16,18,22,24,28,30,32-33,35-36,38-39,41-42,71H,4-6,8-9,11-15,17,19-21,23,25-27,29,31,34,37,40,43-70H2,1-3H3/b10-7-,18-16-,24-22-,30-28-,33-32-,36-35-,39-38-,42-41-. The van der Waals surface area contributed by atoms with Crippen LogP contribution in [0.5, 0.6) is 0 Å². The first-order chi connectivity index (χ1) is 39.5. The largest absolute Gasteiger partial charge is 0.462 e. The summed E-state index contributed by atoms with van der Waals surface area (Å²) in [5.74, 6) is -0.870. The highest BCUT2D eigenvalue weighted by Gasteiger charge is 2.19. The van der Waals surface area contributed by atoms with Gasteiger partial charge in [-0.1, -0.05) is 330 Å². The van der Waals surface area contributed by atoms with Crippen molar-refractivity contribution in [1.82, 2.24) is 0 Å². The van der Waals surface area contributed by atoms with Crippen LogP contribution in [0, 0.1) is 0 Å². The molecule has 0 N–H and O–H groups in total. The molecule has 0 fully saturated rings. The van der Waals surface area contributed by atoms with Crippen molar-refractivity contribution in [2.24, 2.45) is 0 Å². The summed E-state index contributed by atoms with van der Waals surface area (Å²) in [5, 5.41) is 0. The van der Waals surface area contributed by atoms with Gasteiger partial charge in [0.25, 0.3) is 0 Å². The highest BCUT2D eigenvalue weighted by atomic mass is 16.6. The van der Waals surface area contributed by atoms with E-state index < -0.39 is 6.10 Å². The summed E-state index contributed by atoms with van der Waals surface area (Å²) in [6.07, 6.45) is 91.7. The number of rotatable bonds is 62. The fraction of sp³-hybridized carbons (Fsp3) is 0.743. The van der Waals surface area contributed by atoms with E-state index >= 15 is 0 Å². The number of unbranched alkanes of at least 4 members (excludes halogenated alkanes) is 35. The first-order valence-corrected chi connectivity index (χ1v) is 34.2. The van der Waals surface area contributed by atoms with E-state index in [1.165, 1.54) is 186 Å². The van der Waals surface area contributed by atoms with Gasteiger partial charge in [-0.3, -0.25) is 14.4 Å². The van der Waals surface area contributed by atoms with E-state index in [1.54, 1.807) is 0 Å². The topological polar surface area (TPSA) is 78.9 Å². The third kappa shape index (κ3) is 65.1. The first kappa shape index (κ1) is 76.3. The monoisotopic (exact) mass is 1110 g/mol. The molecule has 0 rings (SSSR count). The van der Waals surface area contributed by atoms with Crippen LogP contribution in [0.2, 0.25) is 0 Å². The minimum absolute atomic E-state index is 0.0736. The van der Waals surface area contributed by atoms with E-state index in [9.17, 15) is 14.4 Å². The van der Waals surface area contributed by atoms with Gasteiger partial charge < -0.3 is 14.2 Å². The molecule has 0 saturated carbocycles. The molecule has 0 amide bonds. The van der Waals surface area contributed by atoms with Crippen molar-refractivity contribution in [3.63, 3.8) is 0 Å². The summed E-state index contributed by atoms with van der Waals surface area (Å²) >= 11 is 0. The molecule has 6 heteroatoms. The van der Waals surface area contributed by atoms with Crippen molar-refractivity contribution in [3.8, 4) is 0 Å². The molecular weight excluding hydrogens is 985 g/mol. The normalized spacial score (nSPS) is 12.7. The second-order valence-electron chi connectivity index (χ2n) is 22.7. The number of carbonyl (C=O) groups excluding carboxylic acids is 3. The second kappa shape index (κ2) is 67.8. The van der Waals surface area contributed by atoms with Crippen molar-refractivity contribution in [2.75, 3.05) is 13.2 Å². The van der Waals surface area contributed by atoms with E-state index in [1.807, 2.05) is 0 Å². The summed E-state index contributed by atoms with van der Waals surface area (Å²) < 4.78 is 16.9. The summed E-state index contributed by atoms with van der Waals surface area (Å²) in [6, 6.07) is 0. The van der Waals surface area contributed by atoms with Gasteiger partial charge in [0.05, 0.1) is 0 Å². The molecule has 1 atom stereocenters. The lowest BCUT2D eigenvalue weighted by molar-refractivity contribution is -0.167. The van der Waals surface area contributed by atoms with Crippen LogP contribution in [0.4, 0.5) is 0 Å². The molecule has 80 heavy (non-hydrogen) atoms. The molecule has 460 valence electrons. The first-order valence-electron chi connectivity index (χ1n) is 34.2. The molecule has 0 heterocycles. The number of esters is 3. The smallest absolute Gasteiger partial charge is 0.306 e. The molecule has 0 aliphatic heterocycles. The molecule has 0 aliphatic rings. The Morgan fingerprint density at radius 1 is 0.263 bits per heavy atom. The van der Waals surface area contributed by atoms with Gasteiger partial charge in [-0.05, 0) is 83.5 Å². The molecule has 0 saturated heterocycles. The predicted octanol–water partition coefficient (Wildman–Crippen LogP) is 23.6. The Hall–Kier alpha value is -3.67. The molecule has 1 unspecified atom stereocenters. The van der Waals surface area contributed by atoms with Crippen molar-refractivity contribution in [3.05, 3.63) is 97.2 Å². The van der Waals surface area contributed by atoms with Gasteiger partial charge in [0, 0.05) is 19.3 Å². The Kier molecular flexibility index (Phi) is 64.7. The fourth-order valence-corrected chi connectivity index (χ4v) is 9.76. The fourth-order valence-electron chi connectivity index (χ4n) is 9.76. The Bertz CT molecular complexity index is 1560. The zero-order valence-electron chi connectivity index (χ0n) is 52.8. The molecule has 0 bridgehead atoms. The van der Waals surface area contributed by atoms with E-state index in [2.05, 4.69) is 118 Å². The summed E-state index contributed by atoms with van der Waals surface area (Å²) in [6.45, 7) is 6.52. The van der Waals surface area contributed by atoms with Gasteiger partial charge in [0.2, 0.25) is 0 Å². The zero-order chi connectivity index (χ0) is 57.8. The van der Waals surface area contributed by atoms with Gasteiger partial charge in [0.1, 0.15) is 13.2 Å². The van der Waals surface area contributed by atoms with Crippen LogP contribution in [0.1, 0.15) is 335 Å². The van der Waals surface area contributed by atoms with Crippen molar-refractivity contribution >= 4 is 17.9 Å². The quantitative estimate of drug-likeness (QED) is 0.0261.